The summed E-state index contributed by atoms with van der Waals surface area (Å²) in [5.74, 6) is -10.7. The van der Waals surface area contributed by atoms with Gasteiger partial charge in [0, 0.05) is 19.6 Å². The van der Waals surface area contributed by atoms with Crippen LogP contribution >= 0.6 is 0 Å². The Hall–Kier alpha value is -8.18. The predicted molar refractivity (Wildman–Crippen MR) is 347 cm³/mol. The Morgan fingerprint density at radius 1 is 0.380 bits per heavy atom. The van der Waals surface area contributed by atoms with Crippen LogP contribution in [-0.2, 0) is 52.7 Å². The monoisotopic (exact) mass is 1310 g/mol. The molecule has 0 saturated carbocycles. The summed E-state index contributed by atoms with van der Waals surface area (Å²) in [5.41, 5.74) is 50.5. The molecule has 35 nitrogen and oxygen atoms in total. The zero-order valence-electron chi connectivity index (χ0n) is 54.9. The molecule has 0 fully saturated rings. The minimum Gasteiger partial charge on any atom is -0.480 e. The van der Waals surface area contributed by atoms with E-state index in [1.807, 2.05) is 0 Å². The first-order chi connectivity index (χ1) is 43.1. The van der Waals surface area contributed by atoms with Crippen LogP contribution in [0.25, 0.3) is 0 Å². The molecule has 30 N–H and O–H groups in total. The molecule has 0 aromatic heterocycles. The van der Waals surface area contributed by atoms with Gasteiger partial charge in [0.05, 0.1) is 18.7 Å². The summed E-state index contributed by atoms with van der Waals surface area (Å²) in [6.45, 7) is 13.2. The molecular formula is C57H110N22O13. The fourth-order valence-corrected chi connectivity index (χ4v) is 9.03. The summed E-state index contributed by atoms with van der Waals surface area (Å²) in [5, 5.41) is 46.0. The Morgan fingerprint density at radius 2 is 0.696 bits per heavy atom. The number of nitrogens with zero attached hydrogens (tertiary/aromatic N) is 3. The third-order valence-electron chi connectivity index (χ3n) is 13.9. The lowest BCUT2D eigenvalue weighted by atomic mass is 10.00. The Morgan fingerprint density at radius 3 is 1.07 bits per heavy atom. The number of aliphatic carboxylic acids is 1. The molecule has 0 aliphatic carbocycles. The quantitative estimate of drug-likeness (QED) is 0.0153. The first kappa shape index (κ1) is 83.8. The van der Waals surface area contributed by atoms with Crippen LogP contribution in [0.4, 0.5) is 0 Å². The van der Waals surface area contributed by atoms with Gasteiger partial charge in [-0.15, -0.1) is 0 Å². The van der Waals surface area contributed by atoms with E-state index in [1.165, 1.54) is 13.8 Å². The van der Waals surface area contributed by atoms with Crippen molar-refractivity contribution in [2.45, 2.75) is 218 Å². The summed E-state index contributed by atoms with van der Waals surface area (Å²) in [6, 6.07) is -13.2. The Bertz CT molecular complexity index is 2440. The van der Waals surface area contributed by atoms with Crippen molar-refractivity contribution in [3.8, 4) is 0 Å². The van der Waals surface area contributed by atoms with E-state index < -0.39 is 138 Å². The van der Waals surface area contributed by atoms with Crippen molar-refractivity contribution in [2.24, 2.45) is 84.3 Å². The van der Waals surface area contributed by atoms with Crippen LogP contribution in [0.5, 0.6) is 0 Å². The second-order valence-electron chi connectivity index (χ2n) is 23.9. The normalized spacial score (nSPS) is 14.7. The zero-order chi connectivity index (χ0) is 70.2. The molecular weight excluding hydrogens is 1200 g/mol. The van der Waals surface area contributed by atoms with Gasteiger partial charge in [-0.3, -0.25) is 67.7 Å². The number of aliphatic hydroxyl groups is 1. The third-order valence-corrected chi connectivity index (χ3v) is 13.9. The largest absolute Gasteiger partial charge is 0.480 e. The molecule has 0 radical (unpaired) electrons. The Labute approximate surface area is 539 Å². The van der Waals surface area contributed by atoms with Gasteiger partial charge in [0.15, 0.2) is 17.9 Å². The van der Waals surface area contributed by atoms with Crippen molar-refractivity contribution in [1.82, 2.24) is 53.2 Å². The van der Waals surface area contributed by atoms with Crippen LogP contribution in [0.1, 0.15) is 152 Å². The van der Waals surface area contributed by atoms with Crippen molar-refractivity contribution < 1.29 is 63.0 Å². The molecule has 0 spiro atoms. The van der Waals surface area contributed by atoms with E-state index in [-0.39, 0.29) is 139 Å². The van der Waals surface area contributed by atoms with Crippen molar-refractivity contribution in [2.75, 3.05) is 39.3 Å². The van der Waals surface area contributed by atoms with Gasteiger partial charge in [-0.1, -0.05) is 41.5 Å². The first-order valence-corrected chi connectivity index (χ1v) is 31.4. The van der Waals surface area contributed by atoms with Gasteiger partial charge in [-0.25, -0.2) is 0 Å². The number of carboxylic acids is 1. The summed E-state index contributed by atoms with van der Waals surface area (Å²) < 4.78 is 0. The maximum Gasteiger partial charge on any atom is 0.325 e. The predicted octanol–water partition coefficient (Wildman–Crippen LogP) is -6.16. The average Bonchev–Trinajstić information content (AvgIpc) is 1.32. The molecule has 0 unspecified atom stereocenters. The zero-order valence-corrected chi connectivity index (χ0v) is 54.9. The summed E-state index contributed by atoms with van der Waals surface area (Å²) in [6.07, 6.45) is 0.723. The number of guanidine groups is 3. The second-order valence-corrected chi connectivity index (χ2v) is 23.9. The maximum absolute atomic E-state index is 14.4. The molecule has 0 saturated heterocycles. The van der Waals surface area contributed by atoms with Crippen LogP contribution in [0, 0.1) is 17.8 Å². The number of carbonyl (C=O) groups is 11. The summed E-state index contributed by atoms with van der Waals surface area (Å²) in [4.78, 5) is 162. The molecule has 0 aromatic rings. The highest BCUT2D eigenvalue weighted by Crippen LogP contribution is 2.13. The lowest BCUT2D eigenvalue weighted by molar-refractivity contribution is -0.142. The van der Waals surface area contributed by atoms with Crippen LogP contribution < -0.4 is 105 Å². The van der Waals surface area contributed by atoms with E-state index in [0.29, 0.717) is 25.7 Å². The van der Waals surface area contributed by atoms with E-state index in [2.05, 4.69) is 68.1 Å². The number of aliphatic hydroxyl groups excluding tert-OH is 1. The molecule has 0 rings (SSSR count). The van der Waals surface area contributed by atoms with E-state index in [4.69, 9.17) is 51.6 Å². The molecule has 0 bridgehead atoms. The number of aliphatic imine (C=N–C) groups is 3. The standard InChI is InChI=1S/C57H110N22O13/c1-30(2)26-40(51(88)75-38(18-10-12-22-59)49(86)78-41(27-31(3)4)50(87)71-33(7)54(91)92)72-43(81)29-70-46(83)36(19-14-24-68-56(63)64)73-47(84)37(17-9-11-21-58)74-48(85)39(20-15-25-69-57(65)66)76-53(90)44(34(8)80)79-52(89)42(28-32(5)6)77-45(82)35(60)16-13-23-67-55(61)62/h30-42,44,80H,9-29,58-60H2,1-8H3,(H,70,83)(H,71,87)(H,72,81)(H,73,84)(H,74,85)(H,75,88)(H,76,90)(H,77,82)(H,78,86)(H,79,89)(H,91,92)(H4,61,62,67)(H4,63,64,68)(H4,65,66,69)/t33-,34+,35-,36-,37-,38-,39-,40-,41-,42-,44-/m0/s1. The van der Waals surface area contributed by atoms with Crippen LogP contribution in [0.3, 0.4) is 0 Å². The minimum atomic E-state index is -1.70. The lowest BCUT2D eigenvalue weighted by Crippen LogP contribution is -2.61. The number of rotatable bonds is 48. The average molecular weight is 1310 g/mol. The SMILES string of the molecule is CC(C)C[C@H](NC(=O)CNC(=O)[C@H](CCCN=C(N)N)NC(=O)[C@H](CCCCN)NC(=O)[C@H](CCCN=C(N)N)NC(=O)[C@@H](NC(=O)[C@H](CC(C)C)NC(=O)[C@@H](N)CCCN=C(N)N)[C@@H](C)O)C(=O)N[C@@H](CCCCN)C(=O)N[C@@H](CC(C)C)C(=O)N[C@@H](C)C(=O)O. The van der Waals surface area contributed by atoms with Gasteiger partial charge in [0.2, 0.25) is 59.1 Å². The van der Waals surface area contributed by atoms with Gasteiger partial charge in [-0.2, -0.15) is 0 Å². The number of nitrogens with one attached hydrogen (secondary N) is 10. The Kier molecular flexibility index (Phi) is 41.9. The number of unbranched alkanes of at least 4 members (excludes halogenated alkanes) is 2. The number of nitrogens with two attached hydrogens (primary N) is 9. The molecule has 0 aliphatic heterocycles. The van der Waals surface area contributed by atoms with Gasteiger partial charge in [0.1, 0.15) is 54.4 Å². The number of amides is 10. The Balaban J connectivity index is 6.89. The van der Waals surface area contributed by atoms with Gasteiger partial charge >= 0.3 is 5.97 Å². The van der Waals surface area contributed by atoms with Crippen molar-refractivity contribution >= 4 is 82.9 Å². The van der Waals surface area contributed by atoms with Crippen LogP contribution in [0.15, 0.2) is 15.0 Å². The topological polar surface area (TPSA) is 620 Å². The number of hydrogen-bond donors (Lipinski definition) is 21. The highest BCUT2D eigenvalue weighted by atomic mass is 16.4. The van der Waals surface area contributed by atoms with Crippen molar-refractivity contribution in [3.05, 3.63) is 0 Å². The number of hydrogen-bond acceptors (Lipinski definition) is 18. The molecule has 11 atom stereocenters. The third kappa shape index (κ3) is 37.2. The number of carbonyl (C=O) groups excluding carboxylic acids is 10. The van der Waals surface area contributed by atoms with Gasteiger partial charge in [0.25, 0.3) is 0 Å². The van der Waals surface area contributed by atoms with Crippen molar-refractivity contribution in [3.63, 3.8) is 0 Å². The molecule has 35 heteroatoms. The summed E-state index contributed by atoms with van der Waals surface area (Å²) >= 11 is 0. The van der Waals surface area contributed by atoms with E-state index in [0.717, 1.165) is 0 Å². The molecule has 0 heterocycles. The fourth-order valence-electron chi connectivity index (χ4n) is 9.03. The highest BCUT2D eigenvalue weighted by molar-refractivity contribution is 5.98. The van der Waals surface area contributed by atoms with E-state index >= 15 is 0 Å². The molecule has 0 aromatic carbocycles. The van der Waals surface area contributed by atoms with E-state index in [9.17, 15) is 63.0 Å². The molecule has 10 amide bonds. The number of carboxylic acid groups (broad SMARTS) is 1. The van der Waals surface area contributed by atoms with Gasteiger partial charge in [-0.05, 0) is 141 Å². The molecule has 92 heavy (non-hydrogen) atoms. The smallest absolute Gasteiger partial charge is 0.325 e. The summed E-state index contributed by atoms with van der Waals surface area (Å²) in [7, 11) is 0. The minimum absolute atomic E-state index is 0.00494. The molecule has 0 aliphatic rings. The molecule has 526 valence electrons. The van der Waals surface area contributed by atoms with Gasteiger partial charge < -0.3 is 115 Å². The van der Waals surface area contributed by atoms with Crippen LogP contribution in [-0.4, -0.2) is 199 Å². The van der Waals surface area contributed by atoms with Crippen LogP contribution in [0.2, 0.25) is 0 Å². The van der Waals surface area contributed by atoms with E-state index in [1.54, 1.807) is 41.5 Å². The van der Waals surface area contributed by atoms with Crippen molar-refractivity contribution in [1.29, 1.82) is 0 Å². The first-order valence-electron chi connectivity index (χ1n) is 31.4. The fraction of sp³-hybridized carbons (Fsp3) is 0.754. The second kappa shape index (κ2) is 46.0. The highest BCUT2D eigenvalue weighted by Gasteiger charge is 2.36. The lowest BCUT2D eigenvalue weighted by Gasteiger charge is -2.28. The maximum atomic E-state index is 14.4.